The van der Waals surface area contributed by atoms with Crippen LogP contribution in [0.5, 0.6) is 0 Å². The minimum atomic E-state index is -2.30. The number of hydrogen-bond acceptors (Lipinski definition) is 3. The van der Waals surface area contributed by atoms with Gasteiger partial charge in [0.1, 0.15) is 0 Å². The number of rotatable bonds is 10. The van der Waals surface area contributed by atoms with Crippen molar-refractivity contribution in [2.75, 3.05) is 13.2 Å². The Kier molecular flexibility index (Phi) is 7.98. The molecule has 0 amide bonds. The van der Waals surface area contributed by atoms with Gasteiger partial charge in [0.05, 0.1) is 0 Å². The molecule has 0 radical (unpaired) electrons. The van der Waals surface area contributed by atoms with Crippen molar-refractivity contribution < 1.29 is 13.0 Å². The van der Waals surface area contributed by atoms with Crippen molar-refractivity contribution in [3.63, 3.8) is 0 Å². The molecular formula is C24H46O3Si2. The topological polar surface area (TPSA) is 27.7 Å². The molecule has 3 nitrogen and oxygen atoms in total. The summed E-state index contributed by atoms with van der Waals surface area (Å²) in [5.41, 5.74) is 2.89. The standard InChI is InChI=1S/C24H46O3Si2/c1-3-25-28(21-13-5-6-14-21,22-15-7-8-16-22)27-29(26-4-2,23-17-9-10-18-23)24-19-11-12-20-24/h21-24H,3-20H2,1-2H3. The fourth-order valence-corrected chi connectivity index (χ4v) is 20.7. The summed E-state index contributed by atoms with van der Waals surface area (Å²) in [6.07, 6.45) is 21.9. The summed E-state index contributed by atoms with van der Waals surface area (Å²) in [5, 5.41) is 0. The van der Waals surface area contributed by atoms with Gasteiger partial charge in [-0.3, -0.25) is 0 Å². The molecule has 0 aromatic rings. The summed E-state index contributed by atoms with van der Waals surface area (Å²) in [4.78, 5) is 0. The zero-order chi connectivity index (χ0) is 20.2. The van der Waals surface area contributed by atoms with Gasteiger partial charge in [-0.1, -0.05) is 51.4 Å². The number of hydrogen-bond donors (Lipinski definition) is 0. The maximum Gasteiger partial charge on any atom is 0.335 e. The second kappa shape index (κ2) is 10.3. The van der Waals surface area contributed by atoms with Crippen LogP contribution in [0.4, 0.5) is 0 Å². The Balaban J connectivity index is 1.73. The quantitative estimate of drug-likeness (QED) is 0.326. The van der Waals surface area contributed by atoms with E-state index in [0.29, 0.717) is 0 Å². The third-order valence-electron chi connectivity index (χ3n) is 8.76. The van der Waals surface area contributed by atoms with Gasteiger partial charge in [-0.2, -0.15) is 0 Å². The van der Waals surface area contributed by atoms with Gasteiger partial charge in [0, 0.05) is 35.4 Å². The molecule has 4 rings (SSSR count). The van der Waals surface area contributed by atoms with Crippen molar-refractivity contribution >= 4 is 17.1 Å². The van der Waals surface area contributed by atoms with E-state index in [1.165, 1.54) is 103 Å². The van der Waals surface area contributed by atoms with Crippen LogP contribution in [0.1, 0.15) is 117 Å². The molecule has 0 unspecified atom stereocenters. The van der Waals surface area contributed by atoms with Crippen LogP contribution in [0.3, 0.4) is 0 Å². The largest absolute Gasteiger partial charge is 0.414 e. The highest BCUT2D eigenvalue weighted by atomic mass is 28.5. The molecule has 4 aliphatic rings. The van der Waals surface area contributed by atoms with Crippen molar-refractivity contribution in [3.05, 3.63) is 0 Å². The molecule has 5 heteroatoms. The first-order valence-electron chi connectivity index (χ1n) is 13.2. The maximum atomic E-state index is 7.88. The van der Waals surface area contributed by atoms with Gasteiger partial charge < -0.3 is 13.0 Å². The van der Waals surface area contributed by atoms with E-state index in [1.54, 1.807) is 0 Å². The van der Waals surface area contributed by atoms with Gasteiger partial charge in [0.15, 0.2) is 0 Å². The molecule has 0 bridgehead atoms. The highest BCUT2D eigenvalue weighted by Crippen LogP contribution is 2.57. The van der Waals surface area contributed by atoms with Crippen LogP contribution in [0.15, 0.2) is 0 Å². The van der Waals surface area contributed by atoms with Crippen molar-refractivity contribution in [2.24, 2.45) is 0 Å². The fraction of sp³-hybridized carbons (Fsp3) is 1.00. The Morgan fingerprint density at radius 3 is 0.931 bits per heavy atom. The molecule has 4 aliphatic carbocycles. The molecule has 0 N–H and O–H groups in total. The Hall–Kier alpha value is 0.314. The molecule has 29 heavy (non-hydrogen) atoms. The molecule has 0 aliphatic heterocycles. The molecule has 0 spiro atoms. The van der Waals surface area contributed by atoms with E-state index in [0.717, 1.165) is 35.4 Å². The predicted octanol–water partition coefficient (Wildman–Crippen LogP) is 7.74. The van der Waals surface area contributed by atoms with Gasteiger partial charge in [0.2, 0.25) is 0 Å². The van der Waals surface area contributed by atoms with E-state index < -0.39 is 17.1 Å². The zero-order valence-electron chi connectivity index (χ0n) is 19.3. The van der Waals surface area contributed by atoms with Crippen LogP contribution in [0.25, 0.3) is 0 Å². The molecule has 0 aromatic carbocycles. The lowest BCUT2D eigenvalue weighted by Crippen LogP contribution is -2.62. The van der Waals surface area contributed by atoms with E-state index in [4.69, 9.17) is 13.0 Å². The van der Waals surface area contributed by atoms with Crippen molar-refractivity contribution in [1.82, 2.24) is 0 Å². The zero-order valence-corrected chi connectivity index (χ0v) is 21.3. The Morgan fingerprint density at radius 1 is 0.483 bits per heavy atom. The van der Waals surface area contributed by atoms with E-state index in [-0.39, 0.29) is 0 Å². The third kappa shape index (κ3) is 4.46. The lowest BCUT2D eigenvalue weighted by molar-refractivity contribution is 0.160. The average Bonchev–Trinajstić information content (AvgIpc) is 3.55. The lowest BCUT2D eigenvalue weighted by Gasteiger charge is -2.50. The SMILES string of the molecule is CCO[Si](O[Si](OCC)(C1CCCC1)C1CCCC1)(C1CCCC1)C1CCCC1. The van der Waals surface area contributed by atoms with Crippen molar-refractivity contribution in [3.8, 4) is 0 Å². The van der Waals surface area contributed by atoms with Crippen molar-refractivity contribution in [2.45, 2.75) is 139 Å². The Labute approximate surface area is 182 Å². The summed E-state index contributed by atoms with van der Waals surface area (Å²) in [7, 11) is -4.60. The lowest BCUT2D eigenvalue weighted by atomic mass is 10.3. The second-order valence-corrected chi connectivity index (χ2v) is 17.9. The van der Waals surface area contributed by atoms with Gasteiger partial charge in [-0.25, -0.2) is 0 Å². The fourth-order valence-electron chi connectivity index (χ4n) is 7.54. The monoisotopic (exact) mass is 438 g/mol. The first-order chi connectivity index (χ1) is 14.2. The first kappa shape index (κ1) is 22.5. The molecular weight excluding hydrogens is 392 g/mol. The van der Waals surface area contributed by atoms with E-state index in [1.807, 2.05) is 0 Å². The van der Waals surface area contributed by atoms with E-state index >= 15 is 0 Å². The van der Waals surface area contributed by atoms with Gasteiger partial charge in [-0.15, -0.1) is 0 Å². The minimum absolute atomic E-state index is 0.723. The molecule has 0 atom stereocenters. The smallest absolute Gasteiger partial charge is 0.335 e. The average molecular weight is 439 g/mol. The van der Waals surface area contributed by atoms with Crippen LogP contribution in [0.2, 0.25) is 22.2 Å². The molecule has 0 saturated heterocycles. The molecule has 4 fully saturated rings. The summed E-state index contributed by atoms with van der Waals surface area (Å²) in [5.74, 6) is 0. The highest BCUT2D eigenvalue weighted by Gasteiger charge is 2.63. The summed E-state index contributed by atoms with van der Waals surface area (Å²) >= 11 is 0. The van der Waals surface area contributed by atoms with Crippen LogP contribution in [-0.4, -0.2) is 30.3 Å². The highest BCUT2D eigenvalue weighted by molar-refractivity contribution is 6.84. The third-order valence-corrected chi connectivity index (χ3v) is 19.6. The van der Waals surface area contributed by atoms with Crippen LogP contribution < -0.4 is 0 Å². The maximum absolute atomic E-state index is 7.88. The van der Waals surface area contributed by atoms with Crippen LogP contribution in [-0.2, 0) is 13.0 Å². The molecule has 0 heterocycles. The second-order valence-electron chi connectivity index (χ2n) is 10.3. The van der Waals surface area contributed by atoms with E-state index in [9.17, 15) is 0 Å². The van der Waals surface area contributed by atoms with Gasteiger partial charge in [-0.05, 0) is 65.2 Å². The Morgan fingerprint density at radius 2 is 0.724 bits per heavy atom. The molecule has 0 aromatic heterocycles. The van der Waals surface area contributed by atoms with Crippen LogP contribution in [0, 0.1) is 0 Å². The Bertz CT molecular complexity index is 414. The normalized spacial score (nSPS) is 26.3. The van der Waals surface area contributed by atoms with Gasteiger partial charge >= 0.3 is 17.1 Å². The summed E-state index contributed by atoms with van der Waals surface area (Å²) in [6.45, 7) is 6.13. The molecule has 168 valence electrons. The van der Waals surface area contributed by atoms with Gasteiger partial charge in [0.25, 0.3) is 0 Å². The summed E-state index contributed by atoms with van der Waals surface area (Å²) in [6, 6.07) is 0. The van der Waals surface area contributed by atoms with Crippen LogP contribution >= 0.6 is 0 Å². The van der Waals surface area contributed by atoms with E-state index in [2.05, 4.69) is 13.8 Å². The predicted molar refractivity (Wildman–Crippen MR) is 125 cm³/mol. The van der Waals surface area contributed by atoms with Crippen molar-refractivity contribution in [1.29, 1.82) is 0 Å². The molecule has 4 saturated carbocycles. The summed E-state index contributed by atoms with van der Waals surface area (Å²) < 4.78 is 21.9. The minimum Gasteiger partial charge on any atom is -0.414 e. The first-order valence-corrected chi connectivity index (χ1v) is 17.2.